The fourth-order valence-electron chi connectivity index (χ4n) is 2.90. The molecular formula is C28H26O6. The summed E-state index contributed by atoms with van der Waals surface area (Å²) >= 11 is 0. The van der Waals surface area contributed by atoms with E-state index in [-0.39, 0.29) is 13.2 Å². The smallest absolute Gasteiger partial charge is 0.331 e. The normalized spacial score (nSPS) is 10.9. The molecule has 3 rings (SSSR count). The molecule has 0 spiro atoms. The molecule has 0 aliphatic heterocycles. The van der Waals surface area contributed by atoms with Crippen molar-refractivity contribution in [1.29, 1.82) is 0 Å². The molecule has 0 aromatic heterocycles. The molecule has 0 aliphatic rings. The number of rotatable bonds is 10. The first-order valence-corrected chi connectivity index (χ1v) is 10.6. The van der Waals surface area contributed by atoms with Crippen molar-refractivity contribution in [3.05, 3.63) is 107 Å². The van der Waals surface area contributed by atoms with Gasteiger partial charge in [0.25, 0.3) is 0 Å². The summed E-state index contributed by atoms with van der Waals surface area (Å²) in [6.45, 7) is 0.299. The second kappa shape index (κ2) is 12.6. The van der Waals surface area contributed by atoms with Crippen LogP contribution >= 0.6 is 0 Å². The molecule has 34 heavy (non-hydrogen) atoms. The molecule has 6 heteroatoms. The van der Waals surface area contributed by atoms with Gasteiger partial charge in [-0.1, -0.05) is 48.5 Å². The monoisotopic (exact) mass is 458 g/mol. The van der Waals surface area contributed by atoms with Crippen LogP contribution in [0.25, 0.3) is 12.2 Å². The number of carbonyl (C=O) groups excluding carboxylic acids is 2. The Morgan fingerprint density at radius 3 is 1.26 bits per heavy atom. The summed E-state index contributed by atoms with van der Waals surface area (Å²) in [5.74, 6) is 0.640. The van der Waals surface area contributed by atoms with Crippen LogP contribution in [-0.2, 0) is 32.3 Å². The van der Waals surface area contributed by atoms with Crippen molar-refractivity contribution >= 4 is 24.1 Å². The first kappa shape index (κ1) is 24.3. The van der Waals surface area contributed by atoms with Crippen LogP contribution in [0, 0.1) is 0 Å². The number of benzene rings is 3. The summed E-state index contributed by atoms with van der Waals surface area (Å²) in [4.78, 5) is 23.9. The lowest BCUT2D eigenvalue weighted by molar-refractivity contribution is -0.139. The zero-order chi connectivity index (χ0) is 24.2. The van der Waals surface area contributed by atoms with Crippen LogP contribution in [0.4, 0.5) is 0 Å². The summed E-state index contributed by atoms with van der Waals surface area (Å²) < 4.78 is 20.7. The van der Waals surface area contributed by atoms with Gasteiger partial charge in [-0.3, -0.25) is 0 Å². The summed E-state index contributed by atoms with van der Waals surface area (Å²) in [5, 5.41) is 0. The van der Waals surface area contributed by atoms with Gasteiger partial charge in [-0.2, -0.15) is 0 Å². The average molecular weight is 459 g/mol. The average Bonchev–Trinajstić information content (AvgIpc) is 2.89. The van der Waals surface area contributed by atoms with Gasteiger partial charge >= 0.3 is 11.9 Å². The Morgan fingerprint density at radius 2 is 0.941 bits per heavy atom. The van der Waals surface area contributed by atoms with Crippen molar-refractivity contribution in [2.24, 2.45) is 0 Å². The molecule has 0 aliphatic carbocycles. The van der Waals surface area contributed by atoms with Gasteiger partial charge in [0, 0.05) is 12.2 Å². The molecule has 0 bridgehead atoms. The third kappa shape index (κ3) is 7.98. The van der Waals surface area contributed by atoms with Gasteiger partial charge < -0.3 is 18.9 Å². The Bertz CT molecular complexity index is 1030. The fraction of sp³-hybridized carbons (Fsp3) is 0.143. The van der Waals surface area contributed by atoms with Crippen LogP contribution in [0.1, 0.15) is 22.3 Å². The third-order valence-electron chi connectivity index (χ3n) is 4.84. The highest BCUT2D eigenvalue weighted by molar-refractivity contribution is 5.87. The summed E-state index contributed by atoms with van der Waals surface area (Å²) in [5.41, 5.74) is 3.41. The maximum atomic E-state index is 11.9. The Morgan fingerprint density at radius 1 is 0.588 bits per heavy atom. The summed E-state index contributed by atoms with van der Waals surface area (Å²) in [6.07, 6.45) is 6.13. The summed E-state index contributed by atoms with van der Waals surface area (Å²) in [6, 6.07) is 22.0. The highest BCUT2D eigenvalue weighted by Gasteiger charge is 2.02. The van der Waals surface area contributed by atoms with E-state index in [9.17, 15) is 9.59 Å². The van der Waals surface area contributed by atoms with Gasteiger partial charge in [-0.05, 0) is 58.7 Å². The Labute approximate surface area is 199 Å². The van der Waals surface area contributed by atoms with Crippen molar-refractivity contribution in [2.45, 2.75) is 13.2 Å². The van der Waals surface area contributed by atoms with Gasteiger partial charge in [0.2, 0.25) is 0 Å². The van der Waals surface area contributed by atoms with Crippen LogP contribution < -0.4 is 9.47 Å². The first-order chi connectivity index (χ1) is 16.6. The van der Waals surface area contributed by atoms with Crippen molar-refractivity contribution in [3.63, 3.8) is 0 Å². The number of hydrogen-bond donors (Lipinski definition) is 0. The van der Waals surface area contributed by atoms with E-state index in [0.29, 0.717) is 0 Å². The fourth-order valence-corrected chi connectivity index (χ4v) is 2.90. The zero-order valence-electron chi connectivity index (χ0n) is 19.1. The zero-order valence-corrected chi connectivity index (χ0v) is 19.1. The van der Waals surface area contributed by atoms with E-state index in [1.54, 1.807) is 26.4 Å². The predicted molar refractivity (Wildman–Crippen MR) is 130 cm³/mol. The standard InChI is InChI=1S/C28H26O6/c1-31-25-13-7-21(8-14-25)11-17-27(29)33-19-23-3-5-24(6-4-23)20-34-28(30)18-12-22-9-15-26(32-2)16-10-22/h3-18H,19-20H2,1-2H3. The lowest BCUT2D eigenvalue weighted by atomic mass is 10.1. The number of ether oxygens (including phenoxy) is 4. The van der Waals surface area contributed by atoms with Crippen LogP contribution in [0.5, 0.6) is 11.5 Å². The molecule has 0 heterocycles. The molecule has 0 saturated heterocycles. The minimum Gasteiger partial charge on any atom is -0.497 e. The molecule has 0 fully saturated rings. The highest BCUT2D eigenvalue weighted by atomic mass is 16.5. The lowest BCUT2D eigenvalue weighted by Gasteiger charge is -2.05. The molecule has 174 valence electrons. The van der Waals surface area contributed by atoms with Gasteiger partial charge in [-0.25, -0.2) is 9.59 Å². The molecule has 0 unspecified atom stereocenters. The topological polar surface area (TPSA) is 71.1 Å². The van der Waals surface area contributed by atoms with E-state index in [2.05, 4.69) is 0 Å². The van der Waals surface area contributed by atoms with Crippen LogP contribution in [0.3, 0.4) is 0 Å². The van der Waals surface area contributed by atoms with Gasteiger partial charge in [0.1, 0.15) is 24.7 Å². The molecule has 0 saturated carbocycles. The van der Waals surface area contributed by atoms with E-state index < -0.39 is 11.9 Å². The summed E-state index contributed by atoms with van der Waals surface area (Å²) in [7, 11) is 3.20. The maximum absolute atomic E-state index is 11.9. The second-order valence-electron chi connectivity index (χ2n) is 7.24. The minimum absolute atomic E-state index is 0.149. The molecule has 0 N–H and O–H groups in total. The van der Waals surface area contributed by atoms with Gasteiger partial charge in [0.05, 0.1) is 14.2 Å². The van der Waals surface area contributed by atoms with Crippen LogP contribution in [-0.4, -0.2) is 26.2 Å². The predicted octanol–water partition coefficient (Wildman–Crippen LogP) is 5.22. The SMILES string of the molecule is COc1ccc(C=CC(=O)OCc2ccc(COC(=O)C=Cc3ccc(OC)cc3)cc2)cc1. The number of hydrogen-bond acceptors (Lipinski definition) is 6. The lowest BCUT2D eigenvalue weighted by Crippen LogP contribution is -2.02. The minimum atomic E-state index is -0.433. The van der Waals surface area contributed by atoms with E-state index in [1.165, 1.54) is 12.2 Å². The number of carbonyl (C=O) groups is 2. The maximum Gasteiger partial charge on any atom is 0.331 e. The van der Waals surface area contributed by atoms with Crippen molar-refractivity contribution in [2.75, 3.05) is 14.2 Å². The van der Waals surface area contributed by atoms with Crippen LogP contribution in [0.15, 0.2) is 84.9 Å². The van der Waals surface area contributed by atoms with E-state index in [0.717, 1.165) is 33.8 Å². The van der Waals surface area contributed by atoms with Gasteiger partial charge in [-0.15, -0.1) is 0 Å². The van der Waals surface area contributed by atoms with Crippen molar-refractivity contribution < 1.29 is 28.5 Å². The molecule has 0 radical (unpaired) electrons. The molecule has 0 amide bonds. The Kier molecular flexibility index (Phi) is 9.05. The molecule has 3 aromatic carbocycles. The highest BCUT2D eigenvalue weighted by Crippen LogP contribution is 2.14. The molecule has 6 nitrogen and oxygen atoms in total. The van der Waals surface area contributed by atoms with Crippen molar-refractivity contribution in [1.82, 2.24) is 0 Å². The van der Waals surface area contributed by atoms with Gasteiger partial charge in [0.15, 0.2) is 0 Å². The molecule has 0 atom stereocenters. The quantitative estimate of drug-likeness (QED) is 0.307. The first-order valence-electron chi connectivity index (χ1n) is 10.6. The van der Waals surface area contributed by atoms with E-state index in [4.69, 9.17) is 18.9 Å². The van der Waals surface area contributed by atoms with E-state index >= 15 is 0 Å². The third-order valence-corrected chi connectivity index (χ3v) is 4.84. The largest absolute Gasteiger partial charge is 0.497 e. The van der Waals surface area contributed by atoms with Crippen molar-refractivity contribution in [3.8, 4) is 11.5 Å². The number of esters is 2. The Hall–Kier alpha value is -4.32. The molecule has 3 aromatic rings. The Balaban J connectivity index is 1.40. The second-order valence-corrected chi connectivity index (χ2v) is 7.24. The number of methoxy groups -OCH3 is 2. The van der Waals surface area contributed by atoms with Crippen LogP contribution in [0.2, 0.25) is 0 Å². The molecular weight excluding hydrogens is 432 g/mol. The van der Waals surface area contributed by atoms with E-state index in [1.807, 2.05) is 72.8 Å².